The highest BCUT2D eigenvalue weighted by Gasteiger charge is 2.21. The van der Waals surface area contributed by atoms with E-state index in [0.29, 0.717) is 35.8 Å². The van der Waals surface area contributed by atoms with E-state index in [1.54, 1.807) is 31.2 Å². The van der Waals surface area contributed by atoms with Crippen molar-refractivity contribution in [1.29, 1.82) is 0 Å². The van der Waals surface area contributed by atoms with E-state index in [2.05, 4.69) is 5.32 Å². The molecule has 3 aromatic carbocycles. The molecule has 0 aliphatic heterocycles. The van der Waals surface area contributed by atoms with Gasteiger partial charge >= 0.3 is 5.97 Å². The molecule has 3 aromatic rings. The molecule has 0 fully saturated rings. The van der Waals surface area contributed by atoms with Gasteiger partial charge in [0.15, 0.2) is 11.5 Å². The number of carboxylic acids is 1. The Labute approximate surface area is 223 Å². The van der Waals surface area contributed by atoms with E-state index >= 15 is 0 Å². The van der Waals surface area contributed by atoms with Gasteiger partial charge in [-0.3, -0.25) is 0 Å². The molecule has 0 saturated carbocycles. The molecule has 0 aliphatic rings. The predicted molar refractivity (Wildman–Crippen MR) is 144 cm³/mol. The number of aromatic carboxylic acids is 1. The lowest BCUT2D eigenvalue weighted by Crippen LogP contribution is -2.46. The van der Waals surface area contributed by atoms with Crippen molar-refractivity contribution in [2.45, 2.75) is 51.9 Å². The van der Waals surface area contributed by atoms with Gasteiger partial charge in [0.2, 0.25) is 0 Å². The van der Waals surface area contributed by atoms with Gasteiger partial charge in [-0.2, -0.15) is 0 Å². The Kier molecular flexibility index (Phi) is 9.85. The Morgan fingerprint density at radius 1 is 1.05 bits per heavy atom. The lowest BCUT2D eigenvalue weighted by Gasteiger charge is -2.28. The molecule has 2 atom stereocenters. The van der Waals surface area contributed by atoms with Crippen molar-refractivity contribution in [2.24, 2.45) is 0 Å². The third-order valence-corrected chi connectivity index (χ3v) is 6.22. The van der Waals surface area contributed by atoms with Gasteiger partial charge in [-0.25, -0.2) is 9.18 Å². The minimum absolute atomic E-state index is 0.0916. The van der Waals surface area contributed by atoms with Crippen LogP contribution < -0.4 is 14.8 Å². The minimum Gasteiger partial charge on any atom is -0.493 e. The molecule has 0 aromatic heterocycles. The first kappa shape index (κ1) is 29.1. The number of para-hydroxylation sites is 1. The molecule has 38 heavy (non-hydrogen) atoms. The summed E-state index contributed by atoms with van der Waals surface area (Å²) < 4.78 is 31.2. The number of β-amino-alcohol motifs (C(OH)–C–C–N with tert-alkyl or cyclic N) is 1. The number of ether oxygens (including phenoxy) is 3. The molecule has 0 spiro atoms. The maximum absolute atomic E-state index is 13.9. The van der Waals surface area contributed by atoms with Crippen LogP contribution in [0, 0.1) is 12.7 Å². The number of hydrogen-bond acceptors (Lipinski definition) is 6. The van der Waals surface area contributed by atoms with Crippen LogP contribution in [0.5, 0.6) is 17.2 Å². The van der Waals surface area contributed by atoms with Gasteiger partial charge in [-0.15, -0.1) is 0 Å². The first-order chi connectivity index (χ1) is 18.0. The molecule has 0 heterocycles. The summed E-state index contributed by atoms with van der Waals surface area (Å²) in [5.74, 6) is -0.0817. The van der Waals surface area contributed by atoms with Crippen molar-refractivity contribution in [3.63, 3.8) is 0 Å². The van der Waals surface area contributed by atoms with Gasteiger partial charge in [-0.1, -0.05) is 30.3 Å². The second-order valence-corrected chi connectivity index (χ2v) is 9.97. The summed E-state index contributed by atoms with van der Waals surface area (Å²) in [6, 6.07) is 17.0. The number of halogens is 1. The average molecular weight is 526 g/mol. The number of carboxylic acid groups (broad SMARTS) is 1. The fourth-order valence-corrected chi connectivity index (χ4v) is 4.03. The number of carbonyl (C=O) groups is 1. The van der Waals surface area contributed by atoms with Gasteiger partial charge in [-0.05, 0) is 75.6 Å². The van der Waals surface area contributed by atoms with Gasteiger partial charge in [0.05, 0.1) is 31.5 Å². The fraction of sp³-hybridized carbons (Fsp3) is 0.367. The molecule has 0 radical (unpaired) electrons. The van der Waals surface area contributed by atoms with Crippen LogP contribution in [0.25, 0.3) is 0 Å². The van der Waals surface area contributed by atoms with Crippen molar-refractivity contribution >= 4 is 5.97 Å². The summed E-state index contributed by atoms with van der Waals surface area (Å²) in [5.41, 5.74) is 2.00. The van der Waals surface area contributed by atoms with Crippen LogP contribution >= 0.6 is 0 Å². The lowest BCUT2D eigenvalue weighted by atomic mass is 9.94. The largest absolute Gasteiger partial charge is 0.493 e. The third kappa shape index (κ3) is 8.02. The first-order valence-electron chi connectivity index (χ1n) is 12.5. The van der Waals surface area contributed by atoms with E-state index < -0.39 is 18.2 Å². The second kappa shape index (κ2) is 12.9. The zero-order chi connectivity index (χ0) is 27.9. The van der Waals surface area contributed by atoms with Crippen molar-refractivity contribution in [1.82, 2.24) is 5.32 Å². The first-order valence-corrected chi connectivity index (χ1v) is 12.5. The molecule has 0 saturated heterocycles. The number of aryl methyl sites for hydroxylation is 1. The van der Waals surface area contributed by atoms with Crippen LogP contribution in [-0.4, -0.2) is 48.1 Å². The van der Waals surface area contributed by atoms with E-state index in [0.717, 1.165) is 11.1 Å². The van der Waals surface area contributed by atoms with Crippen LogP contribution in [0.1, 0.15) is 53.9 Å². The molecule has 1 unspecified atom stereocenters. The van der Waals surface area contributed by atoms with Crippen LogP contribution in [0.4, 0.5) is 4.39 Å². The topological polar surface area (TPSA) is 97.3 Å². The highest BCUT2D eigenvalue weighted by Crippen LogP contribution is 2.36. The van der Waals surface area contributed by atoms with Crippen molar-refractivity contribution in [3.05, 3.63) is 88.7 Å². The maximum atomic E-state index is 13.9. The van der Waals surface area contributed by atoms with E-state index in [9.17, 15) is 19.4 Å². The molecule has 7 nitrogen and oxygen atoms in total. The number of rotatable bonds is 13. The van der Waals surface area contributed by atoms with E-state index in [-0.39, 0.29) is 23.5 Å². The summed E-state index contributed by atoms with van der Waals surface area (Å²) in [5, 5.41) is 23.1. The molecular formula is C30H36FNO6. The van der Waals surface area contributed by atoms with Crippen molar-refractivity contribution < 1.29 is 33.6 Å². The molecule has 204 valence electrons. The molecule has 3 rings (SSSR count). The molecule has 0 amide bonds. The Balaban J connectivity index is 1.57. The summed E-state index contributed by atoms with van der Waals surface area (Å²) in [6.45, 7) is 8.01. The van der Waals surface area contributed by atoms with Crippen LogP contribution in [0.15, 0.2) is 60.7 Å². The second-order valence-electron chi connectivity index (χ2n) is 9.97. The van der Waals surface area contributed by atoms with E-state index in [4.69, 9.17) is 14.2 Å². The highest BCUT2D eigenvalue weighted by molar-refractivity contribution is 5.88. The summed E-state index contributed by atoms with van der Waals surface area (Å²) >= 11 is 0. The Morgan fingerprint density at radius 3 is 2.47 bits per heavy atom. The monoisotopic (exact) mass is 525 g/mol. The van der Waals surface area contributed by atoms with Crippen LogP contribution in [0.3, 0.4) is 0 Å². The third-order valence-electron chi connectivity index (χ3n) is 6.22. The highest BCUT2D eigenvalue weighted by atomic mass is 19.1. The maximum Gasteiger partial charge on any atom is 0.335 e. The van der Waals surface area contributed by atoms with E-state index in [1.807, 2.05) is 45.0 Å². The number of benzene rings is 3. The van der Waals surface area contributed by atoms with Crippen molar-refractivity contribution in [2.75, 3.05) is 20.3 Å². The summed E-state index contributed by atoms with van der Waals surface area (Å²) in [4.78, 5) is 11.3. The SMILES string of the molecule is COc1cc(C(=O)O)ccc1Oc1ccccc1C(C)OC[C@@H](O)CNC(C)(C)Cc1ccc(C)c(F)c1. The summed E-state index contributed by atoms with van der Waals surface area (Å²) in [6.07, 6.45) is -0.549. The quantitative estimate of drug-likeness (QED) is 0.264. The predicted octanol–water partition coefficient (Wildman–Crippen LogP) is 5.68. The molecule has 0 bridgehead atoms. The van der Waals surface area contributed by atoms with Crippen molar-refractivity contribution in [3.8, 4) is 17.2 Å². The average Bonchev–Trinajstić information content (AvgIpc) is 2.88. The lowest BCUT2D eigenvalue weighted by molar-refractivity contribution is -0.00482. The molecule has 3 N–H and O–H groups in total. The number of aliphatic hydroxyl groups excluding tert-OH is 1. The Hall–Kier alpha value is -3.46. The molecular weight excluding hydrogens is 489 g/mol. The van der Waals surface area contributed by atoms with Gasteiger partial charge in [0.1, 0.15) is 11.6 Å². The standard InChI is InChI=1S/C30H36FNO6/c1-19-10-11-21(14-25(19)31)16-30(3,4)32-17-23(33)18-37-20(2)24-8-6-7-9-26(24)38-27-13-12-22(29(34)35)15-28(27)36-5/h6-15,20,23,32-33H,16-18H2,1-5H3,(H,34,35)/t20?,23-/m0/s1. The number of methoxy groups -OCH3 is 1. The zero-order valence-corrected chi connectivity index (χ0v) is 22.5. The van der Waals surface area contributed by atoms with Gasteiger partial charge in [0.25, 0.3) is 0 Å². The fourth-order valence-electron chi connectivity index (χ4n) is 4.03. The normalized spacial score (nSPS) is 13.1. The van der Waals surface area contributed by atoms with Crippen LogP contribution in [0.2, 0.25) is 0 Å². The minimum atomic E-state index is -1.06. The van der Waals surface area contributed by atoms with Gasteiger partial charge < -0.3 is 29.7 Å². The molecule has 8 heteroatoms. The summed E-state index contributed by atoms with van der Waals surface area (Å²) in [7, 11) is 1.45. The number of nitrogens with one attached hydrogen (secondary N) is 1. The molecule has 0 aliphatic carbocycles. The number of aliphatic hydroxyl groups is 1. The smallest absolute Gasteiger partial charge is 0.335 e. The Morgan fingerprint density at radius 2 is 1.79 bits per heavy atom. The zero-order valence-electron chi connectivity index (χ0n) is 22.5. The Bertz CT molecular complexity index is 1250. The van der Waals surface area contributed by atoms with Gasteiger partial charge in [0, 0.05) is 17.6 Å². The number of hydrogen-bond donors (Lipinski definition) is 3. The van der Waals surface area contributed by atoms with E-state index in [1.165, 1.54) is 19.2 Å². The van der Waals surface area contributed by atoms with Crippen LogP contribution in [-0.2, 0) is 11.2 Å².